The summed E-state index contributed by atoms with van der Waals surface area (Å²) in [6.07, 6.45) is 1.49. The van der Waals surface area contributed by atoms with Crippen LogP contribution in [0.4, 0.5) is 0 Å². The monoisotopic (exact) mass is 237 g/mol. The van der Waals surface area contributed by atoms with Gasteiger partial charge in [-0.2, -0.15) is 0 Å². The highest BCUT2D eigenvalue weighted by molar-refractivity contribution is 5.33. The summed E-state index contributed by atoms with van der Waals surface area (Å²) in [6, 6.07) is 8.04. The number of rotatable bonds is 8. The van der Waals surface area contributed by atoms with Crippen molar-refractivity contribution in [3.63, 3.8) is 0 Å². The van der Waals surface area contributed by atoms with Gasteiger partial charge in [0.15, 0.2) is 0 Å². The van der Waals surface area contributed by atoms with E-state index in [9.17, 15) is 5.11 Å². The van der Waals surface area contributed by atoms with Crippen molar-refractivity contribution >= 4 is 0 Å². The molecule has 1 aromatic rings. The summed E-state index contributed by atoms with van der Waals surface area (Å²) in [7, 11) is 0. The maximum absolute atomic E-state index is 9.18. The fourth-order valence-corrected chi connectivity index (χ4v) is 1.53. The molecule has 1 aromatic carbocycles. The van der Waals surface area contributed by atoms with E-state index < -0.39 is 0 Å². The summed E-state index contributed by atoms with van der Waals surface area (Å²) in [5, 5.41) is 12.5. The van der Waals surface area contributed by atoms with Crippen LogP contribution >= 0.6 is 0 Å². The number of benzene rings is 1. The Bertz CT molecular complexity index is 313. The third kappa shape index (κ3) is 5.71. The van der Waals surface area contributed by atoms with Crippen LogP contribution in [0, 0.1) is 0 Å². The molecule has 0 amide bonds. The minimum atomic E-state index is -0.305. The Balaban J connectivity index is 2.46. The van der Waals surface area contributed by atoms with Crippen molar-refractivity contribution in [1.82, 2.24) is 5.32 Å². The molecule has 1 unspecified atom stereocenters. The lowest BCUT2D eigenvalue weighted by atomic mass is 10.2. The standard InChI is InChI=1S/C14H23NO2/c1-3-9-15-11-13-6-4-5-7-14(13)17-10-8-12(2)16/h4-7,12,15-16H,3,8-11H2,1-2H3. The van der Waals surface area contributed by atoms with Crippen LogP contribution in [0.2, 0.25) is 0 Å². The fraction of sp³-hybridized carbons (Fsp3) is 0.571. The Labute approximate surface area is 104 Å². The molecule has 0 radical (unpaired) electrons. The molecule has 0 fully saturated rings. The topological polar surface area (TPSA) is 41.5 Å². The van der Waals surface area contributed by atoms with Crippen LogP contribution in [-0.4, -0.2) is 24.4 Å². The molecular formula is C14H23NO2. The maximum atomic E-state index is 9.18. The van der Waals surface area contributed by atoms with Crippen LogP contribution in [-0.2, 0) is 6.54 Å². The molecule has 0 saturated carbocycles. The quantitative estimate of drug-likeness (QED) is 0.682. The lowest BCUT2D eigenvalue weighted by molar-refractivity contribution is 0.155. The summed E-state index contributed by atoms with van der Waals surface area (Å²) in [5.74, 6) is 0.914. The smallest absolute Gasteiger partial charge is 0.123 e. The third-order valence-electron chi connectivity index (χ3n) is 2.51. The van der Waals surface area contributed by atoms with Crippen molar-refractivity contribution in [3.8, 4) is 5.75 Å². The van der Waals surface area contributed by atoms with E-state index in [0.717, 1.165) is 25.3 Å². The van der Waals surface area contributed by atoms with E-state index >= 15 is 0 Å². The van der Waals surface area contributed by atoms with Gasteiger partial charge in [-0.05, 0) is 26.0 Å². The molecule has 0 saturated heterocycles. The number of aliphatic hydroxyl groups is 1. The lowest BCUT2D eigenvalue weighted by Gasteiger charge is -2.12. The highest BCUT2D eigenvalue weighted by Crippen LogP contribution is 2.18. The van der Waals surface area contributed by atoms with Gasteiger partial charge in [0.2, 0.25) is 0 Å². The Morgan fingerprint density at radius 2 is 2.12 bits per heavy atom. The van der Waals surface area contributed by atoms with E-state index in [1.165, 1.54) is 5.56 Å². The summed E-state index contributed by atoms with van der Waals surface area (Å²) in [4.78, 5) is 0. The summed E-state index contributed by atoms with van der Waals surface area (Å²) >= 11 is 0. The first-order chi connectivity index (χ1) is 8.24. The first kappa shape index (κ1) is 14.0. The SMILES string of the molecule is CCCNCc1ccccc1OCCC(C)O. The van der Waals surface area contributed by atoms with Crippen LogP contribution in [0.25, 0.3) is 0 Å². The van der Waals surface area contributed by atoms with Crippen LogP contribution in [0.3, 0.4) is 0 Å². The van der Waals surface area contributed by atoms with E-state index in [-0.39, 0.29) is 6.10 Å². The molecule has 2 N–H and O–H groups in total. The van der Waals surface area contributed by atoms with Gasteiger partial charge in [0.05, 0.1) is 12.7 Å². The highest BCUT2D eigenvalue weighted by atomic mass is 16.5. The molecule has 0 aliphatic heterocycles. The molecule has 0 aromatic heterocycles. The Hall–Kier alpha value is -1.06. The molecule has 0 aliphatic carbocycles. The van der Waals surface area contributed by atoms with E-state index in [1.54, 1.807) is 6.92 Å². The predicted octanol–water partition coefficient (Wildman–Crippen LogP) is 2.34. The third-order valence-corrected chi connectivity index (χ3v) is 2.51. The number of hydrogen-bond acceptors (Lipinski definition) is 3. The summed E-state index contributed by atoms with van der Waals surface area (Å²) < 4.78 is 5.68. The van der Waals surface area contributed by atoms with Gasteiger partial charge >= 0.3 is 0 Å². The highest BCUT2D eigenvalue weighted by Gasteiger charge is 2.03. The first-order valence-electron chi connectivity index (χ1n) is 6.33. The second-order valence-corrected chi connectivity index (χ2v) is 4.27. The molecule has 1 rings (SSSR count). The van der Waals surface area contributed by atoms with Crippen molar-refractivity contribution in [2.45, 2.75) is 39.3 Å². The molecule has 0 bridgehead atoms. The fourth-order valence-electron chi connectivity index (χ4n) is 1.53. The minimum Gasteiger partial charge on any atom is -0.493 e. The minimum absolute atomic E-state index is 0.305. The van der Waals surface area contributed by atoms with Crippen molar-refractivity contribution in [1.29, 1.82) is 0 Å². The van der Waals surface area contributed by atoms with Crippen LogP contribution in [0.1, 0.15) is 32.3 Å². The van der Waals surface area contributed by atoms with E-state index in [1.807, 2.05) is 18.2 Å². The van der Waals surface area contributed by atoms with E-state index in [0.29, 0.717) is 13.0 Å². The second kappa shape index (κ2) is 8.09. The maximum Gasteiger partial charge on any atom is 0.123 e. The van der Waals surface area contributed by atoms with Gasteiger partial charge in [-0.15, -0.1) is 0 Å². The zero-order valence-electron chi connectivity index (χ0n) is 10.8. The molecule has 96 valence electrons. The zero-order valence-corrected chi connectivity index (χ0v) is 10.8. The predicted molar refractivity (Wildman–Crippen MR) is 70.2 cm³/mol. The van der Waals surface area contributed by atoms with Crippen LogP contribution in [0.5, 0.6) is 5.75 Å². The number of ether oxygens (including phenoxy) is 1. The van der Waals surface area contributed by atoms with E-state index in [4.69, 9.17) is 4.74 Å². The molecule has 3 nitrogen and oxygen atoms in total. The van der Waals surface area contributed by atoms with Crippen LogP contribution < -0.4 is 10.1 Å². The average molecular weight is 237 g/mol. The normalized spacial score (nSPS) is 12.4. The lowest BCUT2D eigenvalue weighted by Crippen LogP contribution is -2.15. The first-order valence-corrected chi connectivity index (χ1v) is 6.33. The van der Waals surface area contributed by atoms with Crippen molar-refractivity contribution in [2.24, 2.45) is 0 Å². The van der Waals surface area contributed by atoms with Crippen LogP contribution in [0.15, 0.2) is 24.3 Å². The van der Waals surface area contributed by atoms with Gasteiger partial charge in [0.25, 0.3) is 0 Å². The molecule has 3 heteroatoms. The average Bonchev–Trinajstić information content (AvgIpc) is 2.31. The molecule has 0 aliphatic rings. The van der Waals surface area contributed by atoms with Crippen molar-refractivity contribution in [3.05, 3.63) is 29.8 Å². The van der Waals surface area contributed by atoms with Gasteiger partial charge < -0.3 is 15.2 Å². The Morgan fingerprint density at radius 3 is 2.82 bits per heavy atom. The number of para-hydroxylation sites is 1. The van der Waals surface area contributed by atoms with Gasteiger partial charge in [0, 0.05) is 18.5 Å². The molecular weight excluding hydrogens is 214 g/mol. The zero-order chi connectivity index (χ0) is 12.5. The molecule has 17 heavy (non-hydrogen) atoms. The van der Waals surface area contributed by atoms with Gasteiger partial charge in [-0.1, -0.05) is 25.1 Å². The number of hydrogen-bond donors (Lipinski definition) is 2. The largest absolute Gasteiger partial charge is 0.493 e. The van der Waals surface area contributed by atoms with Crippen molar-refractivity contribution < 1.29 is 9.84 Å². The summed E-state index contributed by atoms with van der Waals surface area (Å²) in [6.45, 7) is 6.33. The van der Waals surface area contributed by atoms with Gasteiger partial charge in [-0.3, -0.25) is 0 Å². The van der Waals surface area contributed by atoms with Crippen molar-refractivity contribution in [2.75, 3.05) is 13.2 Å². The Kier molecular flexibility index (Phi) is 6.67. The number of nitrogens with one attached hydrogen (secondary N) is 1. The summed E-state index contributed by atoms with van der Waals surface area (Å²) in [5.41, 5.74) is 1.17. The molecule has 1 atom stereocenters. The second-order valence-electron chi connectivity index (χ2n) is 4.27. The molecule has 0 spiro atoms. The van der Waals surface area contributed by atoms with Gasteiger partial charge in [-0.25, -0.2) is 0 Å². The van der Waals surface area contributed by atoms with E-state index in [2.05, 4.69) is 18.3 Å². The van der Waals surface area contributed by atoms with Gasteiger partial charge in [0.1, 0.15) is 5.75 Å². The number of aliphatic hydroxyl groups excluding tert-OH is 1. The Morgan fingerprint density at radius 1 is 1.35 bits per heavy atom. The molecule has 0 heterocycles.